The fourth-order valence-corrected chi connectivity index (χ4v) is 14.8. The van der Waals surface area contributed by atoms with Crippen molar-refractivity contribution < 1.29 is 42.1 Å². The predicted molar refractivity (Wildman–Crippen MR) is 459 cm³/mol. The van der Waals surface area contributed by atoms with Gasteiger partial charge in [0.15, 0.2) is 6.10 Å². The first-order valence-electron chi connectivity index (χ1n) is 46.2. The van der Waals surface area contributed by atoms with Crippen LogP contribution in [0.15, 0.2) is 72.9 Å². The van der Waals surface area contributed by atoms with Gasteiger partial charge in [-0.1, -0.05) is 466 Å². The summed E-state index contributed by atoms with van der Waals surface area (Å²) >= 11 is 0. The third kappa shape index (κ3) is 90.2. The topological polar surface area (TPSA) is 108 Å². The van der Waals surface area contributed by atoms with Crippen LogP contribution in [0.5, 0.6) is 0 Å². The minimum atomic E-state index is -4.40. The zero-order valence-corrected chi connectivity index (χ0v) is 71.6. The second-order valence-electron chi connectivity index (χ2n) is 32.7. The average Bonchev–Trinajstić information content (AvgIpc) is 0.935. The van der Waals surface area contributed by atoms with E-state index in [-0.39, 0.29) is 25.6 Å². The molecule has 0 saturated heterocycles. The summed E-state index contributed by atoms with van der Waals surface area (Å²) in [5.74, 6) is -0.770. The smallest absolute Gasteiger partial charge is 0.462 e. The summed E-state index contributed by atoms with van der Waals surface area (Å²) in [6.45, 7) is 4.40. The van der Waals surface area contributed by atoms with Gasteiger partial charge in [-0.3, -0.25) is 18.6 Å². The molecule has 10 heteroatoms. The molecule has 0 saturated carbocycles. The molecular weight excluding hydrogens is 1310 g/mol. The number of hydrogen-bond acceptors (Lipinski definition) is 7. The zero-order valence-electron chi connectivity index (χ0n) is 70.7. The Morgan fingerprint density at radius 3 is 0.810 bits per heavy atom. The number of allylic oxidation sites excluding steroid dienone is 12. The van der Waals surface area contributed by atoms with Crippen molar-refractivity contribution in [2.24, 2.45) is 0 Å². The van der Waals surface area contributed by atoms with Crippen LogP contribution in [-0.4, -0.2) is 74.9 Å². The molecule has 0 aliphatic rings. The summed E-state index contributed by atoms with van der Waals surface area (Å²) < 4.78 is 34.9. The van der Waals surface area contributed by atoms with E-state index in [0.717, 1.165) is 70.6 Å². The normalized spacial score (nSPS) is 13.2. The third-order valence-electron chi connectivity index (χ3n) is 21.0. The van der Waals surface area contributed by atoms with Crippen molar-refractivity contribution in [2.45, 2.75) is 476 Å². The highest BCUT2D eigenvalue weighted by Crippen LogP contribution is 2.43. The molecule has 0 aliphatic carbocycles. The molecule has 0 spiro atoms. The number of hydrogen-bond donors (Lipinski definition) is 1. The van der Waals surface area contributed by atoms with E-state index in [0.29, 0.717) is 23.9 Å². The number of ether oxygens (including phenoxy) is 2. The second kappa shape index (κ2) is 85.5. The molecular formula is C95H179NO8P+. The Morgan fingerprint density at radius 2 is 0.543 bits per heavy atom. The minimum absolute atomic E-state index is 0.0343. The standard InChI is InChI=1S/C95H178NO8P/c1-6-8-10-12-14-16-18-20-22-24-26-28-30-32-34-36-38-40-42-44-46-48-50-52-54-56-58-60-62-64-66-68-70-72-74-76-78-80-82-84-86-88-95(98)104-93(92-103-105(99,100)102-90-89-96(3,4)5)91-101-94(97)87-85-83-81-79-77-75-73-71-69-67-65-63-61-59-57-55-53-51-49-47-45-43-41-39-37-35-33-31-29-27-25-23-21-19-17-15-13-11-9-7-2/h8,10,14,16,20,22,26,28,32,34,38,40,93H,6-7,9,11-13,15,17-19,21,23-25,27,29-31,33,35-37,39,41-92H2,1-5H3/p+1/b10-8-,16-14-,22-20-,28-26-,34-32-,40-38-. The van der Waals surface area contributed by atoms with Gasteiger partial charge in [0.25, 0.3) is 0 Å². The quantitative estimate of drug-likeness (QED) is 0.0211. The average molecular weight is 1490 g/mol. The van der Waals surface area contributed by atoms with Crippen LogP contribution in [0.3, 0.4) is 0 Å². The fourth-order valence-electron chi connectivity index (χ4n) is 14.0. The molecule has 0 fully saturated rings. The maximum absolute atomic E-state index is 13.0. The summed E-state index contributed by atoms with van der Waals surface area (Å²) in [5.41, 5.74) is 0. The molecule has 0 bridgehead atoms. The van der Waals surface area contributed by atoms with Gasteiger partial charge in [-0.15, -0.1) is 0 Å². The van der Waals surface area contributed by atoms with E-state index >= 15 is 0 Å². The summed E-state index contributed by atoms with van der Waals surface area (Å²) in [6.07, 6.45) is 118. The third-order valence-corrected chi connectivity index (χ3v) is 22.0. The van der Waals surface area contributed by atoms with E-state index in [4.69, 9.17) is 18.5 Å². The summed E-state index contributed by atoms with van der Waals surface area (Å²) in [7, 11) is 1.50. The lowest BCUT2D eigenvalue weighted by molar-refractivity contribution is -0.870. The first kappa shape index (κ1) is 102. The van der Waals surface area contributed by atoms with Crippen molar-refractivity contribution in [3.8, 4) is 0 Å². The maximum atomic E-state index is 13.0. The lowest BCUT2D eigenvalue weighted by Gasteiger charge is -2.24. The number of phosphoric ester groups is 1. The summed E-state index contributed by atoms with van der Waals surface area (Å²) in [6, 6.07) is 0. The lowest BCUT2D eigenvalue weighted by Crippen LogP contribution is -2.37. The highest BCUT2D eigenvalue weighted by Gasteiger charge is 2.27. The van der Waals surface area contributed by atoms with Crippen LogP contribution in [0.1, 0.15) is 470 Å². The molecule has 0 rings (SSSR count). The van der Waals surface area contributed by atoms with E-state index in [1.807, 2.05) is 21.1 Å². The van der Waals surface area contributed by atoms with Crippen LogP contribution in [-0.2, 0) is 32.7 Å². The number of nitrogens with zero attached hydrogens (tertiary/aromatic N) is 1. The molecule has 0 aliphatic heterocycles. The Kier molecular flexibility index (Phi) is 83.4. The monoisotopic (exact) mass is 1490 g/mol. The molecule has 0 amide bonds. The van der Waals surface area contributed by atoms with Crippen molar-refractivity contribution in [2.75, 3.05) is 47.5 Å². The van der Waals surface area contributed by atoms with Crippen LogP contribution >= 0.6 is 7.82 Å². The summed E-state index contributed by atoms with van der Waals surface area (Å²) in [5, 5.41) is 0. The Bertz CT molecular complexity index is 2010. The van der Waals surface area contributed by atoms with Gasteiger partial charge in [-0.25, -0.2) is 4.57 Å². The molecule has 0 radical (unpaired) electrons. The number of phosphoric acid groups is 1. The Morgan fingerprint density at radius 1 is 0.305 bits per heavy atom. The first-order chi connectivity index (χ1) is 51.5. The lowest BCUT2D eigenvalue weighted by atomic mass is 10.0. The number of carbonyl (C=O) groups is 2. The second-order valence-corrected chi connectivity index (χ2v) is 34.1. The SMILES string of the molecule is CC/C=C\C/C=C\C/C=C\C/C=C\C/C=C\C/C=C\CCCCCCCCCCCCCCCCCCCCCCCCC(=O)OC(COC(=O)CCCCCCCCCCCCCCCCCCCCCCCCCCCCCCCCCCCCCCCCCC)COP(=O)(O)OCC[N+](C)(C)C. The van der Waals surface area contributed by atoms with Crippen molar-refractivity contribution >= 4 is 19.8 Å². The van der Waals surface area contributed by atoms with E-state index in [9.17, 15) is 19.0 Å². The van der Waals surface area contributed by atoms with Crippen molar-refractivity contribution in [1.82, 2.24) is 0 Å². The highest BCUT2D eigenvalue weighted by molar-refractivity contribution is 7.47. The highest BCUT2D eigenvalue weighted by atomic mass is 31.2. The Labute approximate surface area is 654 Å². The fraction of sp³-hybridized carbons (Fsp3) is 0.853. The van der Waals surface area contributed by atoms with Crippen molar-refractivity contribution in [1.29, 1.82) is 0 Å². The molecule has 0 aromatic rings. The number of carbonyl (C=O) groups excluding carboxylic acids is 2. The molecule has 2 unspecified atom stereocenters. The molecule has 616 valence electrons. The van der Waals surface area contributed by atoms with Crippen LogP contribution in [0.4, 0.5) is 0 Å². The van der Waals surface area contributed by atoms with Gasteiger partial charge in [0.1, 0.15) is 19.8 Å². The number of unbranched alkanes of at least 4 members (excludes halogenated alkanes) is 61. The van der Waals surface area contributed by atoms with Crippen LogP contribution in [0, 0.1) is 0 Å². The summed E-state index contributed by atoms with van der Waals surface area (Å²) in [4.78, 5) is 36.1. The van der Waals surface area contributed by atoms with Gasteiger partial charge < -0.3 is 18.9 Å². The van der Waals surface area contributed by atoms with E-state index in [1.165, 1.54) is 366 Å². The number of likely N-dealkylation sites (N-methyl/N-ethyl adjacent to an activating group) is 1. The van der Waals surface area contributed by atoms with Gasteiger partial charge in [-0.2, -0.15) is 0 Å². The van der Waals surface area contributed by atoms with Gasteiger partial charge in [0.05, 0.1) is 27.7 Å². The number of quaternary nitrogens is 1. The Hall–Kier alpha value is -2.55. The molecule has 105 heavy (non-hydrogen) atoms. The zero-order chi connectivity index (χ0) is 76.1. The molecule has 0 aromatic heterocycles. The number of rotatable bonds is 87. The van der Waals surface area contributed by atoms with E-state index in [1.54, 1.807) is 0 Å². The largest absolute Gasteiger partial charge is 0.472 e. The van der Waals surface area contributed by atoms with Crippen molar-refractivity contribution in [3.63, 3.8) is 0 Å². The molecule has 9 nitrogen and oxygen atoms in total. The van der Waals surface area contributed by atoms with Gasteiger partial charge in [0.2, 0.25) is 0 Å². The molecule has 0 aromatic carbocycles. The van der Waals surface area contributed by atoms with Crippen LogP contribution in [0.2, 0.25) is 0 Å². The van der Waals surface area contributed by atoms with Gasteiger partial charge >= 0.3 is 19.8 Å². The molecule has 0 heterocycles. The number of esters is 2. The van der Waals surface area contributed by atoms with E-state index in [2.05, 4.69) is 86.8 Å². The Balaban J connectivity index is 3.83. The molecule has 1 N–H and O–H groups in total. The minimum Gasteiger partial charge on any atom is -0.462 e. The maximum Gasteiger partial charge on any atom is 0.472 e. The van der Waals surface area contributed by atoms with Gasteiger partial charge in [-0.05, 0) is 64.2 Å². The van der Waals surface area contributed by atoms with Gasteiger partial charge in [0, 0.05) is 12.8 Å². The first-order valence-corrected chi connectivity index (χ1v) is 47.7. The van der Waals surface area contributed by atoms with E-state index < -0.39 is 26.5 Å². The molecule has 2 atom stereocenters. The van der Waals surface area contributed by atoms with Crippen molar-refractivity contribution in [3.05, 3.63) is 72.9 Å². The van der Waals surface area contributed by atoms with Crippen LogP contribution in [0.25, 0.3) is 0 Å². The predicted octanol–water partition coefficient (Wildman–Crippen LogP) is 31.4. The van der Waals surface area contributed by atoms with Crippen LogP contribution < -0.4 is 0 Å².